The van der Waals surface area contributed by atoms with E-state index in [0.717, 1.165) is 33.5 Å². The number of rotatable bonds is 11. The van der Waals surface area contributed by atoms with Crippen molar-refractivity contribution in [1.29, 1.82) is 0 Å². The van der Waals surface area contributed by atoms with Crippen LogP contribution in [0.15, 0.2) is 103 Å². The Morgan fingerprint density at radius 1 is 0.875 bits per heavy atom. The number of amides is 4. The number of hydrogen-bond donors (Lipinski definition) is 5. The van der Waals surface area contributed by atoms with E-state index < -0.39 is 17.7 Å². The zero-order chi connectivity index (χ0) is 34.3. The van der Waals surface area contributed by atoms with Gasteiger partial charge < -0.3 is 31.3 Å². The van der Waals surface area contributed by atoms with Crippen LogP contribution in [0.5, 0.6) is 0 Å². The zero-order valence-electron chi connectivity index (χ0n) is 27.8. The maximum Gasteiger partial charge on any atom is 0.318 e. The minimum atomic E-state index is -0.943. The van der Waals surface area contributed by atoms with Gasteiger partial charge in [-0.3, -0.25) is 9.59 Å². The number of nitrogens with one attached hydrogen (secondary N) is 4. The van der Waals surface area contributed by atoms with Gasteiger partial charge in [-0.1, -0.05) is 91.0 Å². The molecule has 248 valence electrons. The fraction of sp³-hybridized carbons (Fsp3) is 0.256. The Labute approximate surface area is 282 Å². The third-order valence-electron chi connectivity index (χ3n) is 8.26. The summed E-state index contributed by atoms with van der Waals surface area (Å²) in [5.41, 5.74) is 5.92. The topological polar surface area (TPSA) is 123 Å². The van der Waals surface area contributed by atoms with Gasteiger partial charge in [0.1, 0.15) is 6.04 Å². The lowest BCUT2D eigenvalue weighted by molar-refractivity contribution is -0.127. The molecule has 0 aliphatic carbocycles. The van der Waals surface area contributed by atoms with Crippen LogP contribution in [0.2, 0.25) is 0 Å². The molecular formula is C39H43N5O4. The highest BCUT2D eigenvalue weighted by Crippen LogP contribution is 2.35. The molecule has 4 aromatic rings. The molecule has 9 heteroatoms. The number of para-hydroxylation sites is 2. The molecule has 0 saturated heterocycles. The van der Waals surface area contributed by atoms with Crippen molar-refractivity contribution in [3.63, 3.8) is 0 Å². The predicted octanol–water partition coefficient (Wildman–Crippen LogP) is 5.82. The Morgan fingerprint density at radius 3 is 2.25 bits per heavy atom. The molecule has 4 aromatic carbocycles. The fourth-order valence-electron chi connectivity index (χ4n) is 5.80. The largest absolute Gasteiger partial charge is 0.392 e. The van der Waals surface area contributed by atoms with Crippen molar-refractivity contribution in [2.75, 3.05) is 23.8 Å². The van der Waals surface area contributed by atoms with Crippen LogP contribution in [0, 0.1) is 0 Å². The van der Waals surface area contributed by atoms with Crippen LogP contribution in [0.1, 0.15) is 43.9 Å². The summed E-state index contributed by atoms with van der Waals surface area (Å²) < 4.78 is 0. The van der Waals surface area contributed by atoms with Crippen LogP contribution in [-0.4, -0.2) is 54.2 Å². The number of carbonyl (C=O) groups is 3. The van der Waals surface area contributed by atoms with Crippen LogP contribution < -0.4 is 26.2 Å². The molecule has 2 unspecified atom stereocenters. The Kier molecular flexibility index (Phi) is 10.7. The molecule has 5 rings (SSSR count). The number of aliphatic hydroxyl groups excluding tert-OH is 1. The molecule has 1 aliphatic heterocycles. The average Bonchev–Trinajstić information content (AvgIpc) is 3.19. The van der Waals surface area contributed by atoms with E-state index >= 15 is 0 Å². The first-order valence-electron chi connectivity index (χ1n) is 16.1. The number of carbonyl (C=O) groups excluding carboxylic acids is 3. The van der Waals surface area contributed by atoms with E-state index in [1.165, 1.54) is 0 Å². The van der Waals surface area contributed by atoms with E-state index in [4.69, 9.17) is 0 Å². The number of hydrogen-bond acceptors (Lipinski definition) is 5. The number of nitrogens with zero attached hydrogens (tertiary/aromatic N) is 1. The minimum absolute atomic E-state index is 0.107. The van der Waals surface area contributed by atoms with Gasteiger partial charge in [0.05, 0.1) is 24.0 Å². The maximum atomic E-state index is 14.7. The molecule has 48 heavy (non-hydrogen) atoms. The number of anilines is 2. The van der Waals surface area contributed by atoms with Crippen molar-refractivity contribution in [3.8, 4) is 11.1 Å². The van der Waals surface area contributed by atoms with Crippen molar-refractivity contribution in [2.45, 2.75) is 51.4 Å². The Bertz CT molecular complexity index is 1780. The lowest BCUT2D eigenvalue weighted by atomic mass is 9.95. The van der Waals surface area contributed by atoms with E-state index in [9.17, 15) is 19.5 Å². The van der Waals surface area contributed by atoms with Gasteiger partial charge in [-0.15, -0.1) is 0 Å². The molecule has 0 bridgehead atoms. The summed E-state index contributed by atoms with van der Waals surface area (Å²) in [6.45, 7) is 6.11. The third kappa shape index (κ3) is 8.36. The highest BCUT2D eigenvalue weighted by atomic mass is 16.3. The molecule has 0 saturated carbocycles. The lowest BCUT2D eigenvalue weighted by Crippen LogP contribution is -2.52. The van der Waals surface area contributed by atoms with Gasteiger partial charge >= 0.3 is 6.03 Å². The van der Waals surface area contributed by atoms with Gasteiger partial charge in [-0.05, 0) is 66.8 Å². The smallest absolute Gasteiger partial charge is 0.318 e. The van der Waals surface area contributed by atoms with Crippen LogP contribution in [-0.2, 0) is 16.1 Å². The van der Waals surface area contributed by atoms with Crippen molar-refractivity contribution < 1.29 is 19.5 Å². The van der Waals surface area contributed by atoms with Gasteiger partial charge in [0, 0.05) is 31.1 Å². The minimum Gasteiger partial charge on any atom is -0.392 e. The number of β-amino-alcohol motifs (C(OH)–C–C–N with tert-alkyl or cyclic N) is 1. The van der Waals surface area contributed by atoms with Crippen LogP contribution in [0.4, 0.5) is 16.2 Å². The molecule has 2 atom stereocenters. The molecule has 5 N–H and O–H groups in total. The summed E-state index contributed by atoms with van der Waals surface area (Å²) in [7, 11) is 1.57. The summed E-state index contributed by atoms with van der Waals surface area (Å²) in [6, 6.07) is 31.6. The molecule has 0 fully saturated rings. The SMILES string of the molecule is CNC(=O)Nc1ccccc1-c1ccc(CN2C(=O)C(NC(=O)CC(C)(C)NCC(C)O)C(c3ccccc3)=Cc3ccccc32)cc1. The highest BCUT2D eigenvalue weighted by molar-refractivity contribution is 6.13. The van der Waals surface area contributed by atoms with Gasteiger partial charge in [0.15, 0.2) is 0 Å². The Balaban J connectivity index is 1.47. The molecule has 9 nitrogen and oxygen atoms in total. The van der Waals surface area contributed by atoms with Crippen molar-refractivity contribution in [1.82, 2.24) is 16.0 Å². The standard InChI is InChI=1S/C39H43N5O4/c1-26(45)24-41-39(2,3)23-35(46)43-36-32(28-12-6-5-7-13-28)22-30-14-8-11-17-34(30)44(37(36)47)25-27-18-20-29(21-19-27)31-15-9-10-16-33(31)42-38(48)40-4/h5-22,26,36,41,45H,23-25H2,1-4H3,(H,43,46)(H2,40,42,48). The number of urea groups is 1. The summed E-state index contributed by atoms with van der Waals surface area (Å²) >= 11 is 0. The van der Waals surface area contributed by atoms with Gasteiger partial charge in [-0.25, -0.2) is 4.79 Å². The first kappa shape index (κ1) is 34.1. The highest BCUT2D eigenvalue weighted by Gasteiger charge is 2.35. The number of aliphatic hydroxyl groups is 1. The van der Waals surface area contributed by atoms with Gasteiger partial charge in [-0.2, -0.15) is 0 Å². The third-order valence-corrected chi connectivity index (χ3v) is 8.26. The molecule has 0 aromatic heterocycles. The molecule has 0 radical (unpaired) electrons. The quantitative estimate of drug-likeness (QED) is 0.141. The molecule has 0 spiro atoms. The normalized spacial score (nSPS) is 15.1. The van der Waals surface area contributed by atoms with Crippen LogP contribution >= 0.6 is 0 Å². The number of benzene rings is 4. The van der Waals surface area contributed by atoms with Crippen LogP contribution in [0.3, 0.4) is 0 Å². The van der Waals surface area contributed by atoms with Crippen LogP contribution in [0.25, 0.3) is 22.8 Å². The molecule has 4 amide bonds. The Morgan fingerprint density at radius 2 is 1.54 bits per heavy atom. The average molecular weight is 646 g/mol. The van der Waals surface area contributed by atoms with E-state index in [1.807, 2.05) is 123 Å². The summed E-state index contributed by atoms with van der Waals surface area (Å²) in [5.74, 6) is -0.528. The van der Waals surface area contributed by atoms with E-state index in [1.54, 1.807) is 18.9 Å². The van der Waals surface area contributed by atoms with Crippen molar-refractivity contribution >= 4 is 40.9 Å². The molecule has 1 aliphatic rings. The number of fused-ring (bicyclic) bond motifs is 1. The second-order valence-corrected chi connectivity index (χ2v) is 12.7. The second kappa shape index (κ2) is 15.1. The van der Waals surface area contributed by atoms with E-state index in [2.05, 4.69) is 21.3 Å². The van der Waals surface area contributed by atoms with Gasteiger partial charge in [0.2, 0.25) is 5.91 Å². The van der Waals surface area contributed by atoms with Crippen molar-refractivity contribution in [2.24, 2.45) is 0 Å². The fourth-order valence-corrected chi connectivity index (χ4v) is 5.80. The molecule has 1 heterocycles. The zero-order valence-corrected chi connectivity index (χ0v) is 27.8. The second-order valence-electron chi connectivity index (χ2n) is 12.7. The van der Waals surface area contributed by atoms with Crippen molar-refractivity contribution in [3.05, 3.63) is 120 Å². The van der Waals surface area contributed by atoms with E-state index in [0.29, 0.717) is 17.8 Å². The lowest BCUT2D eigenvalue weighted by Gasteiger charge is -2.30. The van der Waals surface area contributed by atoms with Gasteiger partial charge in [0.25, 0.3) is 5.91 Å². The Hall–Kier alpha value is -5.25. The predicted molar refractivity (Wildman–Crippen MR) is 192 cm³/mol. The first-order valence-corrected chi connectivity index (χ1v) is 16.1. The molecular weight excluding hydrogens is 602 g/mol. The summed E-state index contributed by atoms with van der Waals surface area (Å²) in [5, 5.41) is 21.5. The summed E-state index contributed by atoms with van der Waals surface area (Å²) in [4.78, 5) is 42.0. The summed E-state index contributed by atoms with van der Waals surface area (Å²) in [6.07, 6.45) is 1.54. The monoisotopic (exact) mass is 645 g/mol. The maximum absolute atomic E-state index is 14.7. The first-order chi connectivity index (χ1) is 23.0. The van der Waals surface area contributed by atoms with E-state index in [-0.39, 0.29) is 30.8 Å².